The van der Waals surface area contributed by atoms with Gasteiger partial charge in [0.05, 0.1) is 18.4 Å². The van der Waals surface area contributed by atoms with E-state index in [4.69, 9.17) is 14.7 Å². The number of hydrogen-bond acceptors (Lipinski definition) is 7. The van der Waals surface area contributed by atoms with Crippen LogP contribution in [-0.4, -0.2) is 59.5 Å². The molecule has 8 heteroatoms. The van der Waals surface area contributed by atoms with E-state index in [1.807, 2.05) is 16.2 Å². The van der Waals surface area contributed by atoms with Crippen molar-refractivity contribution in [1.82, 2.24) is 14.9 Å². The molecule has 0 saturated carbocycles. The molecule has 1 aliphatic heterocycles. The van der Waals surface area contributed by atoms with Crippen molar-refractivity contribution in [2.75, 3.05) is 37.7 Å². The Morgan fingerprint density at radius 1 is 1.16 bits per heavy atom. The number of aryl methyl sites for hydroxylation is 1. The van der Waals surface area contributed by atoms with Crippen LogP contribution in [0.4, 0.5) is 5.82 Å². The van der Waals surface area contributed by atoms with Gasteiger partial charge in [-0.2, -0.15) is 0 Å². The number of esters is 1. The number of rotatable bonds is 6. The van der Waals surface area contributed by atoms with E-state index in [0.29, 0.717) is 19.7 Å². The van der Waals surface area contributed by atoms with Gasteiger partial charge in [0.2, 0.25) is 5.91 Å². The van der Waals surface area contributed by atoms with Crippen LogP contribution in [0.2, 0.25) is 0 Å². The molecule has 2 aromatic rings. The third-order valence-corrected chi connectivity index (χ3v) is 7.60. The van der Waals surface area contributed by atoms with Gasteiger partial charge in [-0.1, -0.05) is 20.8 Å². The molecule has 1 amide bonds. The summed E-state index contributed by atoms with van der Waals surface area (Å²) < 4.78 is 4.94. The van der Waals surface area contributed by atoms with Crippen molar-refractivity contribution in [3.8, 4) is 0 Å². The van der Waals surface area contributed by atoms with Crippen molar-refractivity contribution in [1.29, 1.82) is 0 Å². The zero-order chi connectivity index (χ0) is 22.8. The molecule has 0 spiro atoms. The molecule has 0 aromatic carbocycles. The molecule has 7 nitrogen and oxygen atoms in total. The third-order valence-electron chi connectivity index (χ3n) is 6.45. The van der Waals surface area contributed by atoms with Gasteiger partial charge in [0.15, 0.2) is 0 Å². The Hall–Kier alpha value is -2.22. The SMILES string of the molecule is CCOC(=O)CCC(=O)N1CCN(c2nc(C(C)C)nc3sc4c(c23)CC[C@H](C)C4)CC1. The van der Waals surface area contributed by atoms with Crippen molar-refractivity contribution in [2.45, 2.75) is 65.7 Å². The van der Waals surface area contributed by atoms with E-state index in [9.17, 15) is 9.59 Å². The van der Waals surface area contributed by atoms with Crippen molar-refractivity contribution in [3.63, 3.8) is 0 Å². The number of ether oxygens (including phenoxy) is 1. The van der Waals surface area contributed by atoms with Gasteiger partial charge in [-0.15, -0.1) is 11.3 Å². The van der Waals surface area contributed by atoms with Gasteiger partial charge >= 0.3 is 5.97 Å². The Labute approximate surface area is 194 Å². The lowest BCUT2D eigenvalue weighted by molar-refractivity contribution is -0.145. The maximum atomic E-state index is 12.6. The average Bonchev–Trinajstić information content (AvgIpc) is 3.14. The fraction of sp³-hybridized carbons (Fsp3) is 0.667. The van der Waals surface area contributed by atoms with Crippen molar-refractivity contribution in [3.05, 3.63) is 16.3 Å². The molecule has 1 saturated heterocycles. The summed E-state index contributed by atoms with van der Waals surface area (Å²) in [6.07, 6.45) is 3.81. The highest BCUT2D eigenvalue weighted by Gasteiger charge is 2.29. The summed E-state index contributed by atoms with van der Waals surface area (Å²) in [5, 5.41) is 1.24. The van der Waals surface area contributed by atoms with Gasteiger partial charge in [0.25, 0.3) is 0 Å². The number of anilines is 1. The van der Waals surface area contributed by atoms with Crippen LogP contribution in [0, 0.1) is 5.92 Å². The summed E-state index contributed by atoms with van der Waals surface area (Å²) >= 11 is 1.85. The molecule has 1 fully saturated rings. The largest absolute Gasteiger partial charge is 0.466 e. The molecule has 174 valence electrons. The maximum absolute atomic E-state index is 12.6. The number of amides is 1. The number of fused-ring (bicyclic) bond motifs is 3. The molecular formula is C24H34N4O3S. The highest BCUT2D eigenvalue weighted by Crippen LogP contribution is 2.41. The minimum atomic E-state index is -0.305. The molecule has 3 heterocycles. The molecule has 2 aromatic heterocycles. The first-order valence-electron chi connectivity index (χ1n) is 11.9. The Bertz CT molecular complexity index is 995. The summed E-state index contributed by atoms with van der Waals surface area (Å²) in [6, 6.07) is 0. The lowest BCUT2D eigenvalue weighted by Crippen LogP contribution is -2.49. The minimum Gasteiger partial charge on any atom is -0.466 e. The first-order valence-corrected chi connectivity index (χ1v) is 12.7. The van der Waals surface area contributed by atoms with Crippen LogP contribution < -0.4 is 4.90 Å². The van der Waals surface area contributed by atoms with E-state index in [-0.39, 0.29) is 30.6 Å². The quantitative estimate of drug-likeness (QED) is 0.611. The van der Waals surface area contributed by atoms with Crippen LogP contribution in [-0.2, 0) is 27.2 Å². The van der Waals surface area contributed by atoms with E-state index in [1.54, 1.807) is 6.92 Å². The van der Waals surface area contributed by atoms with E-state index in [0.717, 1.165) is 48.3 Å². The zero-order valence-corrected chi connectivity index (χ0v) is 20.5. The van der Waals surface area contributed by atoms with Gasteiger partial charge in [-0.25, -0.2) is 9.97 Å². The minimum absolute atomic E-state index is 0.0234. The summed E-state index contributed by atoms with van der Waals surface area (Å²) in [7, 11) is 0. The van der Waals surface area contributed by atoms with Gasteiger partial charge in [-0.3, -0.25) is 9.59 Å². The lowest BCUT2D eigenvalue weighted by Gasteiger charge is -2.36. The Balaban J connectivity index is 1.52. The van der Waals surface area contributed by atoms with Crippen LogP contribution in [0.3, 0.4) is 0 Å². The van der Waals surface area contributed by atoms with E-state index in [1.165, 1.54) is 22.2 Å². The van der Waals surface area contributed by atoms with E-state index < -0.39 is 0 Å². The number of carbonyl (C=O) groups excluding carboxylic acids is 2. The van der Waals surface area contributed by atoms with E-state index >= 15 is 0 Å². The molecule has 0 bridgehead atoms. The Morgan fingerprint density at radius 3 is 2.59 bits per heavy atom. The summed E-state index contributed by atoms with van der Waals surface area (Å²) in [6.45, 7) is 11.5. The van der Waals surface area contributed by atoms with Crippen molar-refractivity contribution in [2.24, 2.45) is 5.92 Å². The van der Waals surface area contributed by atoms with Crippen molar-refractivity contribution >= 4 is 39.2 Å². The molecule has 1 aliphatic carbocycles. The fourth-order valence-electron chi connectivity index (χ4n) is 4.59. The summed E-state index contributed by atoms with van der Waals surface area (Å²) in [5.74, 6) is 2.65. The standard InChI is InChI=1S/C24H34N4O3S/c1-5-31-20(30)9-8-19(29)27-10-12-28(13-11-27)23-21-17-7-6-16(4)14-18(17)32-24(21)26-22(25-23)15(2)3/h15-16H,5-14H2,1-4H3/t16-/m0/s1. The van der Waals surface area contributed by atoms with Crippen molar-refractivity contribution < 1.29 is 14.3 Å². The summed E-state index contributed by atoms with van der Waals surface area (Å²) in [5.41, 5.74) is 1.45. The molecular weight excluding hydrogens is 424 g/mol. The highest BCUT2D eigenvalue weighted by atomic mass is 32.1. The maximum Gasteiger partial charge on any atom is 0.306 e. The van der Waals surface area contributed by atoms with Crippen LogP contribution in [0.1, 0.15) is 69.1 Å². The van der Waals surface area contributed by atoms with Crippen LogP contribution in [0.25, 0.3) is 10.2 Å². The number of hydrogen-bond donors (Lipinski definition) is 0. The highest BCUT2D eigenvalue weighted by molar-refractivity contribution is 7.19. The molecule has 0 radical (unpaired) electrons. The monoisotopic (exact) mass is 458 g/mol. The molecule has 32 heavy (non-hydrogen) atoms. The lowest BCUT2D eigenvalue weighted by atomic mass is 9.89. The predicted octanol–water partition coefficient (Wildman–Crippen LogP) is 3.93. The second-order valence-electron chi connectivity index (χ2n) is 9.26. The average molecular weight is 459 g/mol. The van der Waals surface area contributed by atoms with Crippen LogP contribution >= 0.6 is 11.3 Å². The number of nitrogens with zero attached hydrogens (tertiary/aromatic N) is 4. The number of piperazine rings is 1. The molecule has 1 atom stereocenters. The Kier molecular flexibility index (Phi) is 6.98. The number of carbonyl (C=O) groups is 2. The molecule has 4 rings (SSSR count). The zero-order valence-electron chi connectivity index (χ0n) is 19.6. The fourth-order valence-corrected chi connectivity index (χ4v) is 5.98. The Morgan fingerprint density at radius 2 is 1.91 bits per heavy atom. The summed E-state index contributed by atoms with van der Waals surface area (Å²) in [4.78, 5) is 40.9. The van der Waals surface area contributed by atoms with Gasteiger partial charge in [0.1, 0.15) is 16.5 Å². The van der Waals surface area contributed by atoms with Gasteiger partial charge < -0.3 is 14.5 Å². The molecule has 2 aliphatic rings. The van der Waals surface area contributed by atoms with Crippen LogP contribution in [0.15, 0.2) is 0 Å². The topological polar surface area (TPSA) is 75.6 Å². The predicted molar refractivity (Wildman–Crippen MR) is 127 cm³/mol. The number of aromatic nitrogens is 2. The van der Waals surface area contributed by atoms with E-state index in [2.05, 4.69) is 25.7 Å². The normalized spacial score (nSPS) is 18.8. The number of thiophene rings is 1. The van der Waals surface area contributed by atoms with Gasteiger partial charge in [0, 0.05) is 43.4 Å². The smallest absolute Gasteiger partial charge is 0.306 e. The second-order valence-corrected chi connectivity index (χ2v) is 10.3. The first kappa shape index (κ1) is 23.0. The first-order chi connectivity index (χ1) is 15.4. The molecule has 0 N–H and O–H groups in total. The van der Waals surface area contributed by atoms with Gasteiger partial charge in [-0.05, 0) is 37.7 Å². The third kappa shape index (κ3) is 4.75. The van der Waals surface area contributed by atoms with Crippen LogP contribution in [0.5, 0.6) is 0 Å². The molecule has 0 unspecified atom stereocenters. The second kappa shape index (κ2) is 9.73.